The third-order valence-corrected chi connectivity index (χ3v) is 6.27. The minimum absolute atomic E-state index is 0.0465. The molecule has 2 aromatic carbocycles. The number of imide groups is 1. The normalized spacial score (nSPS) is 21.6. The van der Waals surface area contributed by atoms with Crippen molar-refractivity contribution >= 4 is 29.4 Å². The molecule has 2 atom stereocenters. The first-order chi connectivity index (χ1) is 14.5. The van der Waals surface area contributed by atoms with E-state index in [0.717, 1.165) is 18.5 Å². The molecular weight excluding hydrogens is 404 g/mol. The molecule has 2 heterocycles. The summed E-state index contributed by atoms with van der Waals surface area (Å²) < 4.78 is 5.06. The number of hydrogen-bond donors (Lipinski definition) is 0. The van der Waals surface area contributed by atoms with Crippen LogP contribution in [-0.4, -0.2) is 60.9 Å². The van der Waals surface area contributed by atoms with Crippen molar-refractivity contribution in [2.75, 3.05) is 33.3 Å². The summed E-state index contributed by atoms with van der Waals surface area (Å²) in [6, 6.07) is 14.5. The van der Waals surface area contributed by atoms with Crippen LogP contribution in [0.1, 0.15) is 38.6 Å². The molecule has 0 bridgehead atoms. The number of likely N-dealkylation sites (tertiary alicyclic amines) is 1. The number of carbonyl (C=O) groups is 3. The molecule has 2 amide bonds. The summed E-state index contributed by atoms with van der Waals surface area (Å²) in [7, 11) is 1.40. The fourth-order valence-electron chi connectivity index (χ4n) is 4.41. The van der Waals surface area contributed by atoms with Gasteiger partial charge in [0.15, 0.2) is 0 Å². The number of rotatable bonds is 5. The van der Waals surface area contributed by atoms with Crippen molar-refractivity contribution in [2.45, 2.75) is 12.3 Å². The van der Waals surface area contributed by atoms with E-state index in [-0.39, 0.29) is 29.6 Å². The van der Waals surface area contributed by atoms with Gasteiger partial charge < -0.3 is 9.64 Å². The molecule has 0 spiro atoms. The number of esters is 1. The zero-order valence-electron chi connectivity index (χ0n) is 16.7. The standard InChI is InChI=1S/C23H23ClN2O4/c1-30-23(29)20-14-25(11-10-17(20)15-6-8-16(24)9-7-15)12-13-26-21(27)18-4-2-3-5-19(18)22(26)28/h2-9,17,20H,10-14H2,1H3/t17-,20-/m1/s1. The van der Waals surface area contributed by atoms with Gasteiger partial charge >= 0.3 is 5.97 Å². The second-order valence-corrected chi connectivity index (χ2v) is 8.12. The van der Waals surface area contributed by atoms with Gasteiger partial charge in [-0.15, -0.1) is 0 Å². The van der Waals surface area contributed by atoms with Crippen molar-refractivity contribution in [3.05, 3.63) is 70.2 Å². The lowest BCUT2D eigenvalue weighted by molar-refractivity contribution is -0.148. The molecular formula is C23H23ClN2O4. The van der Waals surface area contributed by atoms with E-state index in [1.165, 1.54) is 12.0 Å². The average molecular weight is 427 g/mol. The minimum Gasteiger partial charge on any atom is -0.469 e. The van der Waals surface area contributed by atoms with Crippen LogP contribution in [0.2, 0.25) is 5.02 Å². The molecule has 0 N–H and O–H groups in total. The molecule has 6 nitrogen and oxygen atoms in total. The predicted molar refractivity (Wildman–Crippen MR) is 113 cm³/mol. The first kappa shape index (κ1) is 20.6. The number of methoxy groups -OCH3 is 1. The molecule has 2 aliphatic rings. The van der Waals surface area contributed by atoms with Crippen LogP contribution in [0.4, 0.5) is 0 Å². The summed E-state index contributed by atoms with van der Waals surface area (Å²) in [6.45, 7) is 2.10. The number of benzene rings is 2. The van der Waals surface area contributed by atoms with Crippen molar-refractivity contribution in [3.63, 3.8) is 0 Å². The lowest BCUT2D eigenvalue weighted by Gasteiger charge is -2.37. The van der Waals surface area contributed by atoms with E-state index in [4.69, 9.17) is 16.3 Å². The maximum Gasteiger partial charge on any atom is 0.310 e. The molecule has 0 unspecified atom stereocenters. The predicted octanol–water partition coefficient (Wildman–Crippen LogP) is 3.21. The smallest absolute Gasteiger partial charge is 0.310 e. The van der Waals surface area contributed by atoms with Crippen molar-refractivity contribution in [1.29, 1.82) is 0 Å². The SMILES string of the molecule is COC(=O)[C@@H]1CN(CCN2C(=O)c3ccccc3C2=O)CC[C@@H]1c1ccc(Cl)cc1. The number of ether oxygens (including phenoxy) is 1. The molecule has 1 fully saturated rings. The van der Waals surface area contributed by atoms with Crippen molar-refractivity contribution in [3.8, 4) is 0 Å². The van der Waals surface area contributed by atoms with Gasteiger partial charge in [-0.1, -0.05) is 35.9 Å². The van der Waals surface area contributed by atoms with Gasteiger partial charge in [0, 0.05) is 24.7 Å². The lowest BCUT2D eigenvalue weighted by Crippen LogP contribution is -2.46. The van der Waals surface area contributed by atoms with E-state index in [1.54, 1.807) is 24.3 Å². The Bertz CT molecular complexity index is 940. The van der Waals surface area contributed by atoms with Crippen LogP contribution in [-0.2, 0) is 9.53 Å². The number of amides is 2. The van der Waals surface area contributed by atoms with Crippen LogP contribution < -0.4 is 0 Å². The van der Waals surface area contributed by atoms with Crippen LogP contribution in [0.5, 0.6) is 0 Å². The van der Waals surface area contributed by atoms with Crippen LogP contribution in [0.25, 0.3) is 0 Å². The van der Waals surface area contributed by atoms with Gasteiger partial charge in [0.1, 0.15) is 0 Å². The molecule has 4 rings (SSSR count). The van der Waals surface area contributed by atoms with Gasteiger partial charge in [0.2, 0.25) is 0 Å². The van der Waals surface area contributed by atoms with Crippen LogP contribution in [0.15, 0.2) is 48.5 Å². The molecule has 0 saturated carbocycles. The number of piperidine rings is 1. The van der Waals surface area contributed by atoms with Crippen molar-refractivity contribution < 1.29 is 19.1 Å². The highest BCUT2D eigenvalue weighted by Gasteiger charge is 2.38. The molecule has 2 aliphatic heterocycles. The lowest BCUT2D eigenvalue weighted by atomic mass is 9.80. The molecule has 156 valence electrons. The van der Waals surface area contributed by atoms with Crippen molar-refractivity contribution in [2.24, 2.45) is 5.92 Å². The van der Waals surface area contributed by atoms with E-state index in [9.17, 15) is 14.4 Å². The summed E-state index contributed by atoms with van der Waals surface area (Å²) in [4.78, 5) is 41.0. The van der Waals surface area contributed by atoms with Gasteiger partial charge in [-0.2, -0.15) is 0 Å². The van der Waals surface area contributed by atoms with E-state index in [0.29, 0.717) is 35.8 Å². The molecule has 30 heavy (non-hydrogen) atoms. The molecule has 0 aromatic heterocycles. The zero-order chi connectivity index (χ0) is 21.3. The number of halogens is 1. The molecule has 0 radical (unpaired) electrons. The summed E-state index contributed by atoms with van der Waals surface area (Å²) in [5.41, 5.74) is 1.97. The fraction of sp³-hybridized carbons (Fsp3) is 0.348. The fourth-order valence-corrected chi connectivity index (χ4v) is 4.53. The Morgan fingerprint density at radius 3 is 2.27 bits per heavy atom. The van der Waals surface area contributed by atoms with Gasteiger partial charge in [-0.3, -0.25) is 19.3 Å². The number of hydrogen-bond acceptors (Lipinski definition) is 5. The second kappa shape index (κ2) is 8.58. The Morgan fingerprint density at radius 1 is 1.03 bits per heavy atom. The quantitative estimate of drug-likeness (QED) is 0.542. The first-order valence-corrected chi connectivity index (χ1v) is 10.4. The minimum atomic E-state index is -0.313. The van der Waals surface area contributed by atoms with Gasteiger partial charge in [-0.25, -0.2) is 0 Å². The van der Waals surface area contributed by atoms with Gasteiger partial charge in [0.25, 0.3) is 11.8 Å². The zero-order valence-corrected chi connectivity index (χ0v) is 17.5. The molecule has 7 heteroatoms. The summed E-state index contributed by atoms with van der Waals surface area (Å²) in [5, 5.41) is 0.659. The van der Waals surface area contributed by atoms with E-state index >= 15 is 0 Å². The Morgan fingerprint density at radius 2 is 1.67 bits per heavy atom. The summed E-state index contributed by atoms with van der Waals surface area (Å²) in [5.74, 6) is -1.02. The van der Waals surface area contributed by atoms with E-state index in [1.807, 2.05) is 24.3 Å². The molecule has 2 aromatic rings. The van der Waals surface area contributed by atoms with Crippen LogP contribution >= 0.6 is 11.6 Å². The summed E-state index contributed by atoms with van der Waals surface area (Å²) >= 11 is 6.00. The number of fused-ring (bicyclic) bond motifs is 1. The maximum atomic E-state index is 12.6. The third kappa shape index (κ3) is 3.85. The Balaban J connectivity index is 1.43. The van der Waals surface area contributed by atoms with Crippen molar-refractivity contribution in [1.82, 2.24) is 9.80 Å². The second-order valence-electron chi connectivity index (χ2n) is 7.68. The Labute approximate surface area is 180 Å². The maximum absolute atomic E-state index is 12.6. The first-order valence-electron chi connectivity index (χ1n) is 10.0. The summed E-state index contributed by atoms with van der Waals surface area (Å²) in [6.07, 6.45) is 0.781. The van der Waals surface area contributed by atoms with E-state index in [2.05, 4.69) is 4.90 Å². The number of carbonyl (C=O) groups excluding carboxylic acids is 3. The number of nitrogens with zero attached hydrogens (tertiary/aromatic N) is 2. The monoisotopic (exact) mass is 426 g/mol. The Kier molecular flexibility index (Phi) is 5.88. The topological polar surface area (TPSA) is 66.9 Å². The van der Waals surface area contributed by atoms with Gasteiger partial charge in [-0.05, 0) is 48.7 Å². The Hall–Kier alpha value is -2.70. The molecule has 0 aliphatic carbocycles. The largest absolute Gasteiger partial charge is 0.469 e. The van der Waals surface area contributed by atoms with Gasteiger partial charge in [0.05, 0.1) is 24.2 Å². The highest BCUT2D eigenvalue weighted by molar-refractivity contribution is 6.30. The average Bonchev–Trinajstić information content (AvgIpc) is 3.02. The highest BCUT2D eigenvalue weighted by Crippen LogP contribution is 2.34. The van der Waals surface area contributed by atoms with Crippen LogP contribution in [0.3, 0.4) is 0 Å². The molecule has 1 saturated heterocycles. The van der Waals surface area contributed by atoms with E-state index < -0.39 is 0 Å². The third-order valence-electron chi connectivity index (χ3n) is 6.02. The van der Waals surface area contributed by atoms with Crippen LogP contribution in [0, 0.1) is 5.92 Å². The highest BCUT2D eigenvalue weighted by atomic mass is 35.5.